The first kappa shape index (κ1) is 13.2. The maximum Gasteiger partial charge on any atom is 0.0669 e. The van der Waals surface area contributed by atoms with Crippen molar-refractivity contribution in [2.24, 2.45) is 7.05 Å². The molecule has 1 atom stereocenters. The number of aryl methyl sites for hydroxylation is 2. The molecular weight excluding hydrogens is 202 g/mol. The Balaban J connectivity index is 2.69. The van der Waals surface area contributed by atoms with Crippen LogP contribution in [0.1, 0.15) is 37.1 Å². The fraction of sp³-hybridized carbons (Fsp3) is 0.750. The SMILES string of the molecule is CCc1nn(C)cc1C(CCCOC)NC. The molecule has 4 nitrogen and oxygen atoms in total. The lowest BCUT2D eigenvalue weighted by Crippen LogP contribution is -2.17. The van der Waals surface area contributed by atoms with Gasteiger partial charge in [0, 0.05) is 38.6 Å². The summed E-state index contributed by atoms with van der Waals surface area (Å²) in [7, 11) is 5.73. The first-order valence-corrected chi connectivity index (χ1v) is 5.91. The van der Waals surface area contributed by atoms with Gasteiger partial charge in [0.05, 0.1) is 5.69 Å². The highest BCUT2D eigenvalue weighted by molar-refractivity contribution is 5.21. The van der Waals surface area contributed by atoms with Crippen LogP contribution in [0.25, 0.3) is 0 Å². The van der Waals surface area contributed by atoms with E-state index in [0.717, 1.165) is 25.9 Å². The van der Waals surface area contributed by atoms with Crippen LogP contribution in [0.2, 0.25) is 0 Å². The van der Waals surface area contributed by atoms with Gasteiger partial charge in [-0.25, -0.2) is 0 Å². The molecule has 16 heavy (non-hydrogen) atoms. The van der Waals surface area contributed by atoms with Crippen LogP contribution in [0, 0.1) is 0 Å². The van der Waals surface area contributed by atoms with Crippen molar-refractivity contribution < 1.29 is 4.74 Å². The zero-order chi connectivity index (χ0) is 12.0. The fourth-order valence-corrected chi connectivity index (χ4v) is 2.01. The Morgan fingerprint density at radius 2 is 2.31 bits per heavy atom. The summed E-state index contributed by atoms with van der Waals surface area (Å²) in [6.07, 6.45) is 5.26. The number of aromatic nitrogens is 2. The molecule has 1 aromatic rings. The Bertz CT molecular complexity index is 309. The van der Waals surface area contributed by atoms with Gasteiger partial charge in [0.15, 0.2) is 0 Å². The van der Waals surface area contributed by atoms with Gasteiger partial charge in [0.2, 0.25) is 0 Å². The average molecular weight is 225 g/mol. The van der Waals surface area contributed by atoms with E-state index in [0.29, 0.717) is 6.04 Å². The van der Waals surface area contributed by atoms with Crippen molar-refractivity contribution >= 4 is 0 Å². The third kappa shape index (κ3) is 3.32. The maximum absolute atomic E-state index is 5.09. The Morgan fingerprint density at radius 1 is 1.56 bits per heavy atom. The van der Waals surface area contributed by atoms with Gasteiger partial charge in [-0.05, 0) is 26.3 Å². The molecule has 0 aliphatic rings. The van der Waals surface area contributed by atoms with E-state index < -0.39 is 0 Å². The van der Waals surface area contributed by atoms with Crippen molar-refractivity contribution in [3.8, 4) is 0 Å². The smallest absolute Gasteiger partial charge is 0.0669 e. The highest BCUT2D eigenvalue weighted by Crippen LogP contribution is 2.21. The van der Waals surface area contributed by atoms with Gasteiger partial charge in [0.25, 0.3) is 0 Å². The molecule has 4 heteroatoms. The maximum atomic E-state index is 5.09. The Hall–Kier alpha value is -0.870. The van der Waals surface area contributed by atoms with Gasteiger partial charge < -0.3 is 10.1 Å². The van der Waals surface area contributed by atoms with Gasteiger partial charge in [0.1, 0.15) is 0 Å². The molecule has 1 heterocycles. The number of hydrogen-bond donors (Lipinski definition) is 1. The van der Waals surface area contributed by atoms with Crippen molar-refractivity contribution in [2.45, 2.75) is 32.2 Å². The van der Waals surface area contributed by atoms with E-state index in [2.05, 4.69) is 23.5 Å². The number of ether oxygens (including phenoxy) is 1. The van der Waals surface area contributed by atoms with Gasteiger partial charge in [-0.2, -0.15) is 5.10 Å². The highest BCUT2D eigenvalue weighted by atomic mass is 16.5. The molecule has 0 radical (unpaired) electrons. The van der Waals surface area contributed by atoms with E-state index in [1.807, 2.05) is 18.8 Å². The summed E-state index contributed by atoms with van der Waals surface area (Å²) in [6.45, 7) is 2.97. The van der Waals surface area contributed by atoms with Crippen molar-refractivity contribution in [1.29, 1.82) is 0 Å². The largest absolute Gasteiger partial charge is 0.385 e. The van der Waals surface area contributed by atoms with Crippen molar-refractivity contribution in [2.75, 3.05) is 20.8 Å². The summed E-state index contributed by atoms with van der Waals surface area (Å²) in [5, 5.41) is 7.83. The second kappa shape index (κ2) is 6.66. The van der Waals surface area contributed by atoms with Crippen LogP contribution < -0.4 is 5.32 Å². The molecule has 1 aromatic heterocycles. The van der Waals surface area contributed by atoms with E-state index in [1.54, 1.807) is 7.11 Å². The molecule has 0 spiro atoms. The number of nitrogens with one attached hydrogen (secondary N) is 1. The second-order valence-electron chi connectivity index (χ2n) is 4.03. The zero-order valence-corrected chi connectivity index (χ0v) is 10.8. The van der Waals surface area contributed by atoms with Crippen LogP contribution in [-0.4, -0.2) is 30.5 Å². The lowest BCUT2D eigenvalue weighted by Gasteiger charge is -2.15. The topological polar surface area (TPSA) is 39.1 Å². The summed E-state index contributed by atoms with van der Waals surface area (Å²) in [4.78, 5) is 0. The molecule has 0 saturated heterocycles. The monoisotopic (exact) mass is 225 g/mol. The van der Waals surface area contributed by atoms with Crippen LogP contribution in [0.3, 0.4) is 0 Å². The molecular formula is C12H23N3O. The third-order valence-electron chi connectivity index (χ3n) is 2.84. The van der Waals surface area contributed by atoms with Crippen LogP contribution in [-0.2, 0) is 18.2 Å². The number of nitrogens with zero attached hydrogens (tertiary/aromatic N) is 2. The molecule has 0 aliphatic carbocycles. The predicted octanol–water partition coefficient (Wildman–Crippen LogP) is 1.67. The molecule has 0 fully saturated rings. The molecule has 0 aliphatic heterocycles. The van der Waals surface area contributed by atoms with Gasteiger partial charge >= 0.3 is 0 Å². The fourth-order valence-electron chi connectivity index (χ4n) is 2.01. The first-order valence-electron chi connectivity index (χ1n) is 5.91. The van der Waals surface area contributed by atoms with E-state index in [1.165, 1.54) is 11.3 Å². The Labute approximate surface area is 98.0 Å². The number of rotatable bonds is 7. The molecule has 0 saturated carbocycles. The molecule has 1 unspecified atom stereocenters. The van der Waals surface area contributed by atoms with E-state index in [9.17, 15) is 0 Å². The minimum Gasteiger partial charge on any atom is -0.385 e. The van der Waals surface area contributed by atoms with Crippen LogP contribution in [0.5, 0.6) is 0 Å². The summed E-state index contributed by atoms with van der Waals surface area (Å²) >= 11 is 0. The molecule has 0 bridgehead atoms. The molecule has 0 aromatic carbocycles. The molecule has 1 rings (SSSR count). The van der Waals surface area contributed by atoms with Gasteiger partial charge in [-0.3, -0.25) is 4.68 Å². The Kier molecular flexibility index (Phi) is 5.49. The van der Waals surface area contributed by atoms with Gasteiger partial charge in [-0.15, -0.1) is 0 Å². The van der Waals surface area contributed by atoms with Crippen LogP contribution >= 0.6 is 0 Å². The van der Waals surface area contributed by atoms with Crippen LogP contribution in [0.4, 0.5) is 0 Å². The number of methoxy groups -OCH3 is 1. The first-order chi connectivity index (χ1) is 7.72. The lowest BCUT2D eigenvalue weighted by molar-refractivity contribution is 0.189. The zero-order valence-electron chi connectivity index (χ0n) is 10.8. The molecule has 1 N–H and O–H groups in total. The normalized spacial score (nSPS) is 13.0. The highest BCUT2D eigenvalue weighted by Gasteiger charge is 2.15. The van der Waals surface area contributed by atoms with E-state index in [-0.39, 0.29) is 0 Å². The third-order valence-corrected chi connectivity index (χ3v) is 2.84. The minimum atomic E-state index is 0.388. The summed E-state index contributed by atoms with van der Waals surface area (Å²) in [6, 6.07) is 0.388. The summed E-state index contributed by atoms with van der Waals surface area (Å²) in [5.74, 6) is 0. The van der Waals surface area contributed by atoms with Crippen molar-refractivity contribution in [3.63, 3.8) is 0 Å². The van der Waals surface area contributed by atoms with E-state index >= 15 is 0 Å². The predicted molar refractivity (Wildman–Crippen MR) is 65.5 cm³/mol. The number of hydrogen-bond acceptors (Lipinski definition) is 3. The van der Waals surface area contributed by atoms with Crippen LogP contribution in [0.15, 0.2) is 6.20 Å². The van der Waals surface area contributed by atoms with Crippen molar-refractivity contribution in [3.05, 3.63) is 17.5 Å². The standard InChI is InChI=1S/C12H23N3O/c1-5-11-10(9-15(3)14-11)12(13-2)7-6-8-16-4/h9,12-13H,5-8H2,1-4H3. The second-order valence-corrected chi connectivity index (χ2v) is 4.03. The van der Waals surface area contributed by atoms with Gasteiger partial charge in [-0.1, -0.05) is 6.92 Å². The van der Waals surface area contributed by atoms with E-state index in [4.69, 9.17) is 4.74 Å². The average Bonchev–Trinajstić information content (AvgIpc) is 2.66. The minimum absolute atomic E-state index is 0.388. The summed E-state index contributed by atoms with van der Waals surface area (Å²) < 4.78 is 6.98. The van der Waals surface area contributed by atoms with Crippen molar-refractivity contribution in [1.82, 2.24) is 15.1 Å². The quantitative estimate of drug-likeness (QED) is 0.717. The molecule has 92 valence electrons. The molecule has 0 amide bonds. The summed E-state index contributed by atoms with van der Waals surface area (Å²) in [5.41, 5.74) is 2.52. The lowest BCUT2D eigenvalue weighted by atomic mass is 10.0. The Morgan fingerprint density at radius 3 is 2.88 bits per heavy atom.